The first-order valence-electron chi connectivity index (χ1n) is 13.7. The molecule has 0 radical (unpaired) electrons. The molecule has 6 heteroatoms. The van der Waals surface area contributed by atoms with E-state index in [2.05, 4.69) is 10.3 Å². The summed E-state index contributed by atoms with van der Waals surface area (Å²) < 4.78 is 5.87. The van der Waals surface area contributed by atoms with Crippen LogP contribution in [0.5, 0.6) is 0 Å². The molecule has 1 aliphatic carbocycles. The average molecular weight is 507 g/mol. The fourth-order valence-corrected chi connectivity index (χ4v) is 4.62. The van der Waals surface area contributed by atoms with Crippen LogP contribution in [-0.2, 0) is 20.9 Å². The third kappa shape index (κ3) is 10.5. The summed E-state index contributed by atoms with van der Waals surface area (Å²) in [5.41, 5.74) is 2.45. The number of carbonyl (C=O) groups is 2. The topological polar surface area (TPSA) is 88.5 Å². The van der Waals surface area contributed by atoms with Crippen LogP contribution in [0.25, 0.3) is 12.2 Å². The molecular formula is C31H42N2O4. The Morgan fingerprint density at radius 3 is 2.65 bits per heavy atom. The molecule has 1 aromatic heterocycles. The number of nitrogens with one attached hydrogen (secondary N) is 1. The second-order valence-electron chi connectivity index (χ2n) is 10.8. The summed E-state index contributed by atoms with van der Waals surface area (Å²) in [5.74, 6) is -0.160. The van der Waals surface area contributed by atoms with Crippen LogP contribution in [0.3, 0.4) is 0 Å². The van der Waals surface area contributed by atoms with Crippen LogP contribution in [0.2, 0.25) is 0 Å². The van der Waals surface area contributed by atoms with Gasteiger partial charge < -0.3 is 15.2 Å². The van der Waals surface area contributed by atoms with Gasteiger partial charge in [0.25, 0.3) is 0 Å². The molecule has 1 fully saturated rings. The lowest BCUT2D eigenvalue weighted by molar-refractivity contribution is -0.147. The van der Waals surface area contributed by atoms with Gasteiger partial charge in [0, 0.05) is 18.7 Å². The molecule has 1 aromatic carbocycles. The van der Waals surface area contributed by atoms with Crippen molar-refractivity contribution in [2.45, 2.75) is 84.7 Å². The van der Waals surface area contributed by atoms with Gasteiger partial charge in [-0.3, -0.25) is 14.6 Å². The van der Waals surface area contributed by atoms with Crippen molar-refractivity contribution in [3.63, 3.8) is 0 Å². The van der Waals surface area contributed by atoms with E-state index in [0.717, 1.165) is 35.9 Å². The van der Waals surface area contributed by atoms with E-state index in [-0.39, 0.29) is 18.7 Å². The maximum Gasteiger partial charge on any atom is 0.309 e. The summed E-state index contributed by atoms with van der Waals surface area (Å²) in [5, 5.41) is 12.1. The molecule has 0 spiro atoms. The van der Waals surface area contributed by atoms with Crippen molar-refractivity contribution in [3.05, 3.63) is 59.4 Å². The average Bonchev–Trinajstić information content (AvgIpc) is 2.89. The van der Waals surface area contributed by atoms with E-state index in [0.29, 0.717) is 12.3 Å². The number of amides is 1. The van der Waals surface area contributed by atoms with Gasteiger partial charge in [-0.15, -0.1) is 0 Å². The highest BCUT2D eigenvalue weighted by Gasteiger charge is 2.27. The van der Waals surface area contributed by atoms with Crippen molar-refractivity contribution >= 4 is 29.7 Å². The highest BCUT2D eigenvalue weighted by molar-refractivity contribution is 5.91. The molecule has 1 heterocycles. The van der Waals surface area contributed by atoms with Gasteiger partial charge in [-0.25, -0.2) is 0 Å². The number of nitrogens with zero attached hydrogens (tertiary/aromatic N) is 1. The molecule has 2 aromatic rings. The molecule has 0 saturated heterocycles. The number of rotatable bonds is 14. The van der Waals surface area contributed by atoms with Gasteiger partial charge in [0.05, 0.1) is 23.4 Å². The summed E-state index contributed by atoms with van der Waals surface area (Å²) in [6.45, 7) is 4.55. The number of anilines is 1. The summed E-state index contributed by atoms with van der Waals surface area (Å²) >= 11 is 0. The fraction of sp³-hybridized carbons (Fsp3) is 0.516. The number of carbonyl (C=O) groups excluding carboxylic acids is 1. The molecule has 37 heavy (non-hydrogen) atoms. The van der Waals surface area contributed by atoms with Crippen LogP contribution in [0.4, 0.5) is 5.69 Å². The Hall–Kier alpha value is -2.99. The van der Waals surface area contributed by atoms with Crippen LogP contribution in [0, 0.1) is 11.3 Å². The van der Waals surface area contributed by atoms with Crippen molar-refractivity contribution in [2.24, 2.45) is 11.3 Å². The normalized spacial score (nSPS) is 14.6. The third-order valence-electron chi connectivity index (χ3n) is 7.13. The Balaban J connectivity index is 1.42. The van der Waals surface area contributed by atoms with Crippen molar-refractivity contribution in [2.75, 3.05) is 11.9 Å². The Kier molecular flexibility index (Phi) is 11.3. The summed E-state index contributed by atoms with van der Waals surface area (Å²) in [6, 6.07) is 13.5. The first-order valence-corrected chi connectivity index (χ1v) is 13.7. The smallest absolute Gasteiger partial charge is 0.309 e. The lowest BCUT2D eigenvalue weighted by Crippen LogP contribution is -2.25. The van der Waals surface area contributed by atoms with E-state index < -0.39 is 11.4 Å². The van der Waals surface area contributed by atoms with Crippen LogP contribution >= 0.6 is 0 Å². The first kappa shape index (κ1) is 28.6. The number of hydrogen-bond acceptors (Lipinski definition) is 4. The molecule has 0 atom stereocenters. The van der Waals surface area contributed by atoms with Crippen LogP contribution in [-0.4, -0.2) is 28.6 Å². The number of benzene rings is 1. The highest BCUT2D eigenvalue weighted by Crippen LogP contribution is 2.27. The number of ether oxygens (including phenoxy) is 1. The van der Waals surface area contributed by atoms with Crippen LogP contribution in [0.1, 0.15) is 95.0 Å². The van der Waals surface area contributed by atoms with Gasteiger partial charge in [0.15, 0.2) is 0 Å². The minimum absolute atomic E-state index is 0.151. The van der Waals surface area contributed by atoms with E-state index in [4.69, 9.17) is 4.74 Å². The molecule has 6 nitrogen and oxygen atoms in total. The fourth-order valence-electron chi connectivity index (χ4n) is 4.62. The van der Waals surface area contributed by atoms with Crippen LogP contribution in [0.15, 0.2) is 42.5 Å². The number of aromatic nitrogens is 1. The predicted molar refractivity (Wildman–Crippen MR) is 149 cm³/mol. The zero-order valence-electron chi connectivity index (χ0n) is 22.4. The lowest BCUT2D eigenvalue weighted by Gasteiger charge is -2.21. The predicted octanol–water partition coefficient (Wildman–Crippen LogP) is 7.35. The Labute approximate surface area is 221 Å². The Bertz CT molecular complexity index is 1040. The Morgan fingerprint density at radius 1 is 1.08 bits per heavy atom. The number of carboxylic acid groups (broad SMARTS) is 1. The lowest BCUT2D eigenvalue weighted by atomic mass is 9.86. The highest BCUT2D eigenvalue weighted by atomic mass is 16.5. The summed E-state index contributed by atoms with van der Waals surface area (Å²) in [4.78, 5) is 28.2. The van der Waals surface area contributed by atoms with Crippen LogP contribution < -0.4 is 5.32 Å². The van der Waals surface area contributed by atoms with Gasteiger partial charge >= 0.3 is 5.97 Å². The van der Waals surface area contributed by atoms with E-state index in [1.165, 1.54) is 44.9 Å². The number of carboxylic acids is 1. The van der Waals surface area contributed by atoms with Gasteiger partial charge in [-0.05, 0) is 68.5 Å². The zero-order chi connectivity index (χ0) is 26.5. The largest absolute Gasteiger partial charge is 0.481 e. The maximum atomic E-state index is 12.3. The minimum Gasteiger partial charge on any atom is -0.481 e. The summed E-state index contributed by atoms with van der Waals surface area (Å²) in [6.07, 6.45) is 15.1. The number of aliphatic carboxylic acids is 1. The quantitative estimate of drug-likeness (QED) is 0.262. The van der Waals surface area contributed by atoms with E-state index in [9.17, 15) is 14.7 Å². The van der Waals surface area contributed by atoms with Gasteiger partial charge in [-0.2, -0.15) is 0 Å². The zero-order valence-corrected chi connectivity index (χ0v) is 22.4. The van der Waals surface area contributed by atoms with E-state index >= 15 is 0 Å². The number of hydrogen-bond donors (Lipinski definition) is 2. The Morgan fingerprint density at radius 2 is 1.86 bits per heavy atom. The second kappa shape index (κ2) is 14.7. The molecular weight excluding hydrogens is 464 g/mol. The van der Waals surface area contributed by atoms with Crippen molar-refractivity contribution in [1.29, 1.82) is 0 Å². The molecule has 0 unspecified atom stereocenters. The molecule has 1 amide bonds. The van der Waals surface area contributed by atoms with Crippen molar-refractivity contribution in [1.82, 2.24) is 4.98 Å². The van der Waals surface area contributed by atoms with Gasteiger partial charge in [0.2, 0.25) is 5.91 Å². The van der Waals surface area contributed by atoms with E-state index in [1.54, 1.807) is 13.8 Å². The van der Waals surface area contributed by atoms with Crippen molar-refractivity contribution < 1.29 is 19.4 Å². The SMILES string of the molecule is CC(C)(CCC(=O)Nc1cccc(/C=C/c2cccc(COCCCCC3CCCCC3)n2)c1)C(=O)O. The van der Waals surface area contributed by atoms with E-state index in [1.807, 2.05) is 54.6 Å². The molecule has 200 valence electrons. The van der Waals surface area contributed by atoms with Gasteiger partial charge in [0.1, 0.15) is 0 Å². The molecule has 3 rings (SSSR count). The number of pyridine rings is 1. The maximum absolute atomic E-state index is 12.3. The van der Waals surface area contributed by atoms with Crippen molar-refractivity contribution in [3.8, 4) is 0 Å². The molecule has 1 saturated carbocycles. The molecule has 0 aliphatic heterocycles. The molecule has 2 N–H and O–H groups in total. The molecule has 1 aliphatic rings. The van der Waals surface area contributed by atoms with Gasteiger partial charge in [-0.1, -0.05) is 69.2 Å². The second-order valence-corrected chi connectivity index (χ2v) is 10.8. The third-order valence-corrected chi connectivity index (χ3v) is 7.13. The molecule has 0 bridgehead atoms. The minimum atomic E-state index is -0.928. The first-order chi connectivity index (χ1) is 17.8. The standard InChI is InChI=1S/C31H42N2O4/c1-31(2,30(35)36)20-19-29(34)33-27-15-8-13-25(22-27)17-18-26-14-9-16-28(32-26)23-37-21-7-6-12-24-10-4-3-5-11-24/h8-9,13-18,22,24H,3-7,10-12,19-21,23H2,1-2H3,(H,33,34)(H,35,36)/b18-17+. The number of unbranched alkanes of at least 4 members (excludes halogenated alkanes) is 1. The summed E-state index contributed by atoms with van der Waals surface area (Å²) in [7, 11) is 0. The monoisotopic (exact) mass is 506 g/mol.